The quantitative estimate of drug-likeness (QED) is 0.160. The van der Waals surface area contributed by atoms with Crippen LogP contribution in [0.3, 0.4) is 0 Å². The van der Waals surface area contributed by atoms with Crippen LogP contribution in [0.2, 0.25) is 0 Å². The smallest absolute Gasteiger partial charge is 0.277 e. The molecule has 0 unspecified atom stereocenters. The zero-order valence-electron chi connectivity index (χ0n) is 41.8. The lowest BCUT2D eigenvalue weighted by molar-refractivity contribution is 0.477. The summed E-state index contributed by atoms with van der Waals surface area (Å²) >= 11 is 3.92. The molecule has 11 aromatic rings. The summed E-state index contributed by atoms with van der Waals surface area (Å²) in [5, 5.41) is 2.52. The fraction of sp³-hybridized carbons (Fsp3) is 0.121. The lowest BCUT2D eigenvalue weighted by atomic mass is 9.39. The molecule has 5 heterocycles. The van der Waals surface area contributed by atoms with Crippen molar-refractivity contribution in [3.8, 4) is 33.8 Å². The van der Waals surface area contributed by atoms with E-state index in [2.05, 4.69) is 262 Å². The minimum atomic E-state index is -0.0429. The van der Waals surface area contributed by atoms with Gasteiger partial charge in [-0.25, -0.2) is 0 Å². The minimum Gasteiger partial charge on any atom is -0.453 e. The van der Waals surface area contributed by atoms with Crippen molar-refractivity contribution in [1.82, 2.24) is 0 Å². The first-order chi connectivity index (χ1) is 35.5. The van der Waals surface area contributed by atoms with Crippen molar-refractivity contribution in [1.29, 1.82) is 0 Å². The Morgan fingerprint density at radius 1 is 0.370 bits per heavy atom. The molecule has 0 amide bonds. The Hall–Kier alpha value is -7.84. The molecule has 0 aliphatic carbocycles. The van der Waals surface area contributed by atoms with Gasteiger partial charge in [0.15, 0.2) is 11.5 Å². The van der Waals surface area contributed by atoms with Crippen LogP contribution in [0.4, 0.5) is 51.2 Å². The average Bonchev–Trinajstić information content (AvgIpc) is 3.98. The highest BCUT2D eigenvalue weighted by Gasteiger charge is 2.48. The Balaban J connectivity index is 1.11. The first-order valence-corrected chi connectivity index (χ1v) is 27.0. The van der Waals surface area contributed by atoms with Gasteiger partial charge in [-0.2, -0.15) is 0 Å². The highest BCUT2D eigenvalue weighted by molar-refractivity contribution is 7.40. The maximum Gasteiger partial charge on any atom is 0.277 e. The van der Waals surface area contributed by atoms with Crippen molar-refractivity contribution in [2.45, 2.75) is 52.4 Å². The Morgan fingerprint density at radius 3 is 1.21 bits per heavy atom. The number of hydrogen-bond donors (Lipinski definition) is 0. The van der Waals surface area contributed by atoms with Crippen LogP contribution in [0.15, 0.2) is 206 Å². The molecule has 0 fully saturated rings. The lowest BCUT2D eigenvalue weighted by Gasteiger charge is -2.43. The van der Waals surface area contributed by atoms with Gasteiger partial charge in [0.1, 0.15) is 0 Å². The van der Waals surface area contributed by atoms with Crippen LogP contribution < -0.4 is 34.5 Å². The van der Waals surface area contributed by atoms with Crippen LogP contribution in [0, 0.1) is 0 Å². The zero-order chi connectivity index (χ0) is 49.3. The van der Waals surface area contributed by atoms with E-state index in [-0.39, 0.29) is 17.5 Å². The number of rotatable bonds is 5. The predicted molar refractivity (Wildman–Crippen MR) is 314 cm³/mol. The van der Waals surface area contributed by atoms with E-state index >= 15 is 0 Å². The summed E-state index contributed by atoms with van der Waals surface area (Å²) < 4.78 is 12.0. The van der Waals surface area contributed by atoms with Crippen molar-refractivity contribution in [2.75, 3.05) is 14.7 Å². The van der Waals surface area contributed by atoms with Crippen molar-refractivity contribution in [2.24, 2.45) is 0 Å². The number of thiophene rings is 2. The summed E-state index contributed by atoms with van der Waals surface area (Å²) in [7, 11) is 0. The van der Waals surface area contributed by atoms with Gasteiger partial charge in [0.05, 0.1) is 28.4 Å². The summed E-state index contributed by atoms with van der Waals surface area (Å²) in [5.74, 6) is 1.66. The van der Waals surface area contributed by atoms with Crippen LogP contribution in [0.25, 0.3) is 42.4 Å². The Labute approximate surface area is 436 Å². The number of para-hydroxylation sites is 4. The molecule has 14 rings (SSSR count). The fourth-order valence-corrected chi connectivity index (χ4v) is 14.2. The molecule has 0 N–H and O–H groups in total. The summed E-state index contributed by atoms with van der Waals surface area (Å²) in [4.78, 5) is 7.63. The first-order valence-electron chi connectivity index (χ1n) is 25.4. The van der Waals surface area contributed by atoms with Gasteiger partial charge < -0.3 is 19.4 Å². The molecular formula is C66H52BN3OS2. The first kappa shape index (κ1) is 43.9. The van der Waals surface area contributed by atoms with Crippen molar-refractivity contribution in [3.05, 3.63) is 217 Å². The van der Waals surface area contributed by atoms with Gasteiger partial charge in [-0.3, -0.25) is 0 Å². The monoisotopic (exact) mass is 977 g/mol. The molecule has 3 aliphatic rings. The second-order valence-electron chi connectivity index (χ2n) is 21.8. The van der Waals surface area contributed by atoms with E-state index in [1.54, 1.807) is 0 Å². The topological polar surface area (TPSA) is 19.0 Å². The minimum absolute atomic E-state index is 0.00318. The summed E-state index contributed by atoms with van der Waals surface area (Å²) in [6.07, 6.45) is 0. The molecule has 4 nitrogen and oxygen atoms in total. The molecule has 352 valence electrons. The third-order valence-corrected chi connectivity index (χ3v) is 17.5. The van der Waals surface area contributed by atoms with E-state index in [1.807, 2.05) is 22.7 Å². The normalized spacial score (nSPS) is 13.6. The number of anilines is 9. The average molecular weight is 978 g/mol. The largest absolute Gasteiger partial charge is 0.453 e. The van der Waals surface area contributed by atoms with Gasteiger partial charge >= 0.3 is 0 Å². The number of benzene rings is 9. The molecule has 73 heavy (non-hydrogen) atoms. The molecule has 7 heteroatoms. The Kier molecular flexibility index (Phi) is 9.83. The zero-order valence-corrected chi connectivity index (χ0v) is 43.4. The van der Waals surface area contributed by atoms with Gasteiger partial charge in [-0.1, -0.05) is 175 Å². The summed E-state index contributed by atoms with van der Waals surface area (Å²) in [6.45, 7) is 13.8. The second kappa shape index (κ2) is 16.3. The van der Waals surface area contributed by atoms with E-state index in [4.69, 9.17) is 4.74 Å². The third kappa shape index (κ3) is 7.00. The highest BCUT2D eigenvalue weighted by Crippen LogP contribution is 2.56. The molecule has 0 bridgehead atoms. The van der Waals surface area contributed by atoms with Gasteiger partial charge in [0.25, 0.3) is 6.71 Å². The standard InChI is InChI=1S/C66H52BN3OS2/c1-65(2,3)45-27-31-47(32-28-45)69-54-39-49(68-52-21-13-15-23-56(52)71-57-24-16-14-22-53(57)68)40-55-60(54)67(63-61(69)50-35-25-43(37-58(50)72-63)41-17-9-7-10-18-41)64-62(70(55)48-33-29-46(30-34-48)66(4,5)6)51-36-26-44(38-59(51)73-64)42-19-11-8-12-20-42/h7-40H,1-6H3. The van der Waals surface area contributed by atoms with Gasteiger partial charge in [-0.15, -0.1) is 22.7 Å². The maximum absolute atomic E-state index is 6.68. The van der Waals surface area contributed by atoms with Crippen molar-refractivity contribution < 1.29 is 4.74 Å². The van der Waals surface area contributed by atoms with Gasteiger partial charge in [0.2, 0.25) is 0 Å². The third-order valence-electron chi connectivity index (χ3n) is 15.1. The number of fused-ring (bicyclic) bond motifs is 10. The van der Waals surface area contributed by atoms with E-state index < -0.39 is 0 Å². The van der Waals surface area contributed by atoms with Crippen LogP contribution >= 0.6 is 22.7 Å². The van der Waals surface area contributed by atoms with Crippen LogP contribution in [-0.2, 0) is 10.8 Å². The van der Waals surface area contributed by atoms with E-state index in [1.165, 1.54) is 91.3 Å². The number of nitrogens with zero attached hydrogens (tertiary/aromatic N) is 3. The Bertz CT molecular complexity index is 3720. The number of ether oxygens (including phenoxy) is 1. The predicted octanol–water partition coefficient (Wildman–Crippen LogP) is 17.7. The molecular weight excluding hydrogens is 926 g/mol. The molecule has 0 atom stereocenters. The second-order valence-corrected chi connectivity index (χ2v) is 23.9. The lowest BCUT2D eigenvalue weighted by Crippen LogP contribution is -2.59. The number of hydrogen-bond acceptors (Lipinski definition) is 6. The van der Waals surface area contributed by atoms with E-state index in [0.717, 1.165) is 39.9 Å². The molecule has 0 saturated carbocycles. The fourth-order valence-electron chi connectivity index (χ4n) is 11.4. The highest BCUT2D eigenvalue weighted by atomic mass is 32.1. The molecule has 0 radical (unpaired) electrons. The molecule has 9 aromatic carbocycles. The molecule has 0 spiro atoms. The van der Waals surface area contributed by atoms with Crippen LogP contribution in [-0.4, -0.2) is 6.71 Å². The van der Waals surface area contributed by atoms with Crippen molar-refractivity contribution in [3.63, 3.8) is 0 Å². The molecule has 2 aromatic heterocycles. The van der Waals surface area contributed by atoms with Crippen LogP contribution in [0.1, 0.15) is 52.7 Å². The van der Waals surface area contributed by atoms with Gasteiger partial charge in [0, 0.05) is 52.5 Å². The Morgan fingerprint density at radius 2 is 0.781 bits per heavy atom. The van der Waals surface area contributed by atoms with E-state index in [9.17, 15) is 0 Å². The van der Waals surface area contributed by atoms with Crippen LogP contribution in [0.5, 0.6) is 11.5 Å². The van der Waals surface area contributed by atoms with Gasteiger partial charge in [-0.05, 0) is 122 Å². The summed E-state index contributed by atoms with van der Waals surface area (Å²) in [5.41, 5.74) is 19.0. The maximum atomic E-state index is 6.68. The SMILES string of the molecule is CC(C)(C)c1ccc(N2c3cc(N4c5ccccc5Oc5ccccc54)cc4c3B(c3sc5cc(-c6ccccc6)ccc5c32)c2sc3cc(-c5ccccc5)ccc3c2N4c2ccc(C(C)(C)C)cc2)cc1. The van der Waals surface area contributed by atoms with Crippen molar-refractivity contribution >= 4 is 116 Å². The molecule has 3 aliphatic heterocycles. The summed E-state index contributed by atoms with van der Waals surface area (Å²) in [6, 6.07) is 76.6. The molecule has 0 saturated heterocycles. The van der Waals surface area contributed by atoms with E-state index in [0.29, 0.717) is 0 Å².